The van der Waals surface area contributed by atoms with Crippen molar-refractivity contribution in [3.8, 4) is 5.75 Å². The molecule has 0 spiro atoms. The van der Waals surface area contributed by atoms with Gasteiger partial charge in [0.15, 0.2) is 28.1 Å². The maximum absolute atomic E-state index is 12.5. The Morgan fingerprint density at radius 2 is 2.03 bits per heavy atom. The average Bonchev–Trinajstić information content (AvgIpc) is 2.69. The van der Waals surface area contributed by atoms with Crippen molar-refractivity contribution in [3.63, 3.8) is 0 Å². The summed E-state index contributed by atoms with van der Waals surface area (Å²) in [6.07, 6.45) is 4.14. The van der Waals surface area contributed by atoms with Crippen LogP contribution in [0.25, 0.3) is 0 Å². The van der Waals surface area contributed by atoms with E-state index in [9.17, 15) is 13.2 Å². The van der Waals surface area contributed by atoms with Gasteiger partial charge in [-0.2, -0.15) is 0 Å². The summed E-state index contributed by atoms with van der Waals surface area (Å²) < 4.78 is 29.0. The Hall–Kier alpha value is -2.43. The summed E-state index contributed by atoms with van der Waals surface area (Å²) in [5, 5.41) is 6.57. The third-order valence-corrected chi connectivity index (χ3v) is 6.34. The maximum Gasteiger partial charge on any atom is 0.266 e. The van der Waals surface area contributed by atoms with Crippen LogP contribution in [-0.4, -0.2) is 56.3 Å². The van der Waals surface area contributed by atoms with E-state index < -0.39 is 9.84 Å². The van der Waals surface area contributed by atoms with Gasteiger partial charge in [0.1, 0.15) is 6.33 Å². The highest BCUT2D eigenvalue weighted by Crippen LogP contribution is 2.39. The molecule has 1 amide bonds. The second kappa shape index (κ2) is 7.77. The predicted octanol–water partition coefficient (Wildman–Crippen LogP) is 1.75. The van der Waals surface area contributed by atoms with Crippen LogP contribution in [0.4, 0.5) is 17.3 Å². The zero-order chi connectivity index (χ0) is 20.6. The Morgan fingerprint density at radius 3 is 2.72 bits per heavy atom. The highest BCUT2D eigenvalue weighted by molar-refractivity contribution is 7.90. The topological polar surface area (TPSA) is 114 Å². The van der Waals surface area contributed by atoms with Crippen molar-refractivity contribution in [1.82, 2.24) is 15.3 Å². The molecule has 0 radical (unpaired) electrons. The molecule has 0 saturated carbocycles. The summed E-state index contributed by atoms with van der Waals surface area (Å²) in [6, 6.07) is 4.44. The molecular weight excluding hydrogens is 418 g/mol. The molecule has 29 heavy (non-hydrogen) atoms. The molecular formula is C18H20ClN5O4S. The number of hydrogen-bond donors (Lipinski definition) is 2. The molecule has 2 N–H and O–H groups in total. The lowest BCUT2D eigenvalue weighted by Gasteiger charge is -2.37. The van der Waals surface area contributed by atoms with Gasteiger partial charge in [-0.15, -0.1) is 0 Å². The minimum Gasteiger partial charge on any atom is -0.476 e. The van der Waals surface area contributed by atoms with E-state index in [0.717, 1.165) is 32.2 Å². The molecule has 1 aromatic heterocycles. The van der Waals surface area contributed by atoms with E-state index in [0.29, 0.717) is 23.1 Å². The van der Waals surface area contributed by atoms with Crippen molar-refractivity contribution < 1.29 is 17.9 Å². The number of rotatable bonds is 4. The van der Waals surface area contributed by atoms with Crippen LogP contribution in [0, 0.1) is 0 Å². The van der Waals surface area contributed by atoms with E-state index >= 15 is 0 Å². The first-order chi connectivity index (χ1) is 13.8. The molecule has 154 valence electrons. The molecule has 9 nitrogen and oxygen atoms in total. The van der Waals surface area contributed by atoms with Gasteiger partial charge >= 0.3 is 0 Å². The number of sulfone groups is 1. The SMILES string of the molecule is CS(=O)(=O)c1ccc(Nc2ncnc3c2OCC(=O)N3C2CCNCC2)c(Cl)c1. The van der Waals surface area contributed by atoms with Crippen LogP contribution in [0.2, 0.25) is 5.02 Å². The Kier molecular flexibility index (Phi) is 5.32. The number of benzene rings is 1. The number of anilines is 3. The van der Waals surface area contributed by atoms with Crippen LogP contribution in [-0.2, 0) is 14.6 Å². The standard InChI is InChI=1S/C18H20ClN5O4S/c1-29(26,27)12-2-3-14(13(19)8-12)23-17-16-18(22-10-21-17)24(15(25)9-28-16)11-4-6-20-7-5-11/h2-3,8,10-11,20H,4-7,9H2,1H3,(H,21,22,23). The molecule has 3 heterocycles. The fourth-order valence-corrected chi connectivity index (χ4v) is 4.42. The van der Waals surface area contributed by atoms with Gasteiger partial charge in [-0.3, -0.25) is 9.69 Å². The minimum absolute atomic E-state index is 0.0479. The molecule has 0 atom stereocenters. The number of nitrogens with zero attached hydrogens (tertiary/aromatic N) is 3. The van der Waals surface area contributed by atoms with Crippen molar-refractivity contribution in [2.75, 3.05) is 36.2 Å². The van der Waals surface area contributed by atoms with Crippen molar-refractivity contribution in [2.45, 2.75) is 23.8 Å². The predicted molar refractivity (Wildman–Crippen MR) is 109 cm³/mol. The first-order valence-electron chi connectivity index (χ1n) is 9.12. The maximum atomic E-state index is 12.5. The van der Waals surface area contributed by atoms with Crippen molar-refractivity contribution in [1.29, 1.82) is 0 Å². The number of hydrogen-bond acceptors (Lipinski definition) is 8. The van der Waals surface area contributed by atoms with Crippen LogP contribution >= 0.6 is 11.6 Å². The third-order valence-electron chi connectivity index (χ3n) is 4.92. The van der Waals surface area contributed by atoms with Gasteiger partial charge in [0.05, 0.1) is 15.6 Å². The normalized spacial score (nSPS) is 17.6. The van der Waals surface area contributed by atoms with Crippen molar-refractivity contribution in [3.05, 3.63) is 29.5 Å². The lowest BCUT2D eigenvalue weighted by atomic mass is 10.0. The number of amides is 1. The lowest BCUT2D eigenvalue weighted by Crippen LogP contribution is -2.50. The molecule has 4 rings (SSSR count). The fourth-order valence-electron chi connectivity index (χ4n) is 3.48. The van der Waals surface area contributed by atoms with Gasteiger partial charge in [-0.25, -0.2) is 18.4 Å². The van der Waals surface area contributed by atoms with Gasteiger partial charge in [-0.1, -0.05) is 11.6 Å². The zero-order valence-corrected chi connectivity index (χ0v) is 17.3. The molecule has 2 aromatic rings. The molecule has 11 heteroatoms. The Bertz CT molecular complexity index is 1060. The van der Waals surface area contributed by atoms with E-state index in [1.54, 1.807) is 11.0 Å². The summed E-state index contributed by atoms with van der Waals surface area (Å²) in [4.78, 5) is 22.9. The van der Waals surface area contributed by atoms with Gasteiger partial charge in [0.2, 0.25) is 5.75 Å². The van der Waals surface area contributed by atoms with Crippen LogP contribution < -0.4 is 20.3 Å². The summed E-state index contributed by atoms with van der Waals surface area (Å²) in [5.74, 6) is 1.02. The number of carbonyl (C=O) groups is 1. The molecule has 2 aliphatic rings. The number of halogens is 1. The Labute approximate surface area is 173 Å². The molecule has 1 saturated heterocycles. The van der Waals surface area contributed by atoms with E-state index in [-0.39, 0.29) is 28.5 Å². The first-order valence-corrected chi connectivity index (χ1v) is 11.4. The first kappa shape index (κ1) is 19.9. The Morgan fingerprint density at radius 1 is 1.28 bits per heavy atom. The van der Waals surface area contributed by atoms with E-state index in [1.807, 2.05) is 0 Å². The van der Waals surface area contributed by atoms with Crippen LogP contribution in [0.3, 0.4) is 0 Å². The largest absolute Gasteiger partial charge is 0.476 e. The van der Waals surface area contributed by atoms with Crippen molar-refractivity contribution in [2.24, 2.45) is 0 Å². The average molecular weight is 438 g/mol. The number of ether oxygens (including phenoxy) is 1. The number of piperidine rings is 1. The monoisotopic (exact) mass is 437 g/mol. The van der Waals surface area contributed by atoms with E-state index in [4.69, 9.17) is 16.3 Å². The fraction of sp³-hybridized carbons (Fsp3) is 0.389. The number of fused-ring (bicyclic) bond motifs is 1. The quantitative estimate of drug-likeness (QED) is 0.743. The summed E-state index contributed by atoms with van der Waals surface area (Å²) in [5.41, 5.74) is 0.467. The van der Waals surface area contributed by atoms with Crippen LogP contribution in [0.15, 0.2) is 29.4 Å². The van der Waals surface area contributed by atoms with Crippen LogP contribution in [0.1, 0.15) is 12.8 Å². The molecule has 2 aliphatic heterocycles. The smallest absolute Gasteiger partial charge is 0.266 e. The number of nitrogens with one attached hydrogen (secondary N) is 2. The summed E-state index contributed by atoms with van der Waals surface area (Å²) in [7, 11) is -3.37. The van der Waals surface area contributed by atoms with Crippen LogP contribution in [0.5, 0.6) is 5.75 Å². The third kappa shape index (κ3) is 4.00. The highest BCUT2D eigenvalue weighted by atomic mass is 35.5. The molecule has 0 aliphatic carbocycles. The van der Waals surface area contributed by atoms with Gasteiger partial charge in [0, 0.05) is 12.3 Å². The number of aromatic nitrogens is 2. The second-order valence-corrected chi connectivity index (χ2v) is 9.37. The molecule has 1 aromatic carbocycles. The van der Waals surface area contributed by atoms with Gasteiger partial charge in [0.25, 0.3) is 5.91 Å². The van der Waals surface area contributed by atoms with Gasteiger partial charge < -0.3 is 15.4 Å². The minimum atomic E-state index is -3.37. The zero-order valence-electron chi connectivity index (χ0n) is 15.7. The molecule has 0 unspecified atom stereocenters. The Balaban J connectivity index is 1.67. The number of carbonyl (C=O) groups excluding carboxylic acids is 1. The van der Waals surface area contributed by atoms with E-state index in [2.05, 4.69) is 20.6 Å². The highest BCUT2D eigenvalue weighted by Gasteiger charge is 2.35. The van der Waals surface area contributed by atoms with E-state index in [1.165, 1.54) is 18.5 Å². The summed E-state index contributed by atoms with van der Waals surface area (Å²) in [6.45, 7) is 1.58. The molecule has 1 fully saturated rings. The van der Waals surface area contributed by atoms with Crippen molar-refractivity contribution >= 4 is 44.7 Å². The summed E-state index contributed by atoms with van der Waals surface area (Å²) >= 11 is 6.26. The van der Waals surface area contributed by atoms with Gasteiger partial charge in [-0.05, 0) is 44.1 Å². The lowest BCUT2D eigenvalue weighted by molar-refractivity contribution is -0.122. The second-order valence-electron chi connectivity index (χ2n) is 6.95. The molecule has 0 bridgehead atoms.